The molecule has 0 bridgehead atoms. The molecule has 0 unspecified atom stereocenters. The number of rotatable bonds is 6. The van der Waals surface area contributed by atoms with Crippen LogP contribution >= 0.6 is 0 Å². The minimum Gasteiger partial charge on any atom is -0.494 e. The Kier molecular flexibility index (Phi) is 5.15. The quantitative estimate of drug-likeness (QED) is 0.887. The van der Waals surface area contributed by atoms with Gasteiger partial charge in [-0.05, 0) is 50.2 Å². The molecule has 0 saturated heterocycles. The molecule has 21 heavy (non-hydrogen) atoms. The van der Waals surface area contributed by atoms with Gasteiger partial charge in [-0.1, -0.05) is 0 Å². The average molecular weight is 286 g/mol. The highest BCUT2D eigenvalue weighted by Crippen LogP contribution is 2.17. The summed E-state index contributed by atoms with van der Waals surface area (Å²) in [5.74, 6) is 1.19. The molecule has 0 saturated carbocycles. The molecule has 5 nitrogen and oxygen atoms in total. The number of hydrogen-bond donors (Lipinski definition) is 1. The fourth-order valence-electron chi connectivity index (χ4n) is 1.77. The van der Waals surface area contributed by atoms with E-state index in [-0.39, 0.29) is 12.5 Å². The Morgan fingerprint density at radius 1 is 1.14 bits per heavy atom. The summed E-state index contributed by atoms with van der Waals surface area (Å²) < 4.78 is 10.8. The number of nitrogens with one attached hydrogen (secondary N) is 1. The molecular formula is C16H18N2O3. The van der Waals surface area contributed by atoms with E-state index >= 15 is 0 Å². The normalized spacial score (nSPS) is 10.0. The number of hydrogen-bond acceptors (Lipinski definition) is 4. The fourth-order valence-corrected chi connectivity index (χ4v) is 1.77. The number of carbonyl (C=O) groups is 1. The van der Waals surface area contributed by atoms with Crippen LogP contribution in [0.2, 0.25) is 0 Å². The highest BCUT2D eigenvalue weighted by atomic mass is 16.5. The van der Waals surface area contributed by atoms with Gasteiger partial charge in [0.2, 0.25) is 0 Å². The molecule has 2 aromatic rings. The van der Waals surface area contributed by atoms with Crippen LogP contribution in [0.3, 0.4) is 0 Å². The molecule has 0 aliphatic carbocycles. The van der Waals surface area contributed by atoms with E-state index in [1.54, 1.807) is 30.5 Å². The topological polar surface area (TPSA) is 60.5 Å². The van der Waals surface area contributed by atoms with Gasteiger partial charge in [-0.2, -0.15) is 0 Å². The van der Waals surface area contributed by atoms with Gasteiger partial charge in [0.15, 0.2) is 6.61 Å². The second-order valence-corrected chi connectivity index (χ2v) is 4.43. The van der Waals surface area contributed by atoms with Crippen LogP contribution in [0.1, 0.15) is 12.6 Å². The summed E-state index contributed by atoms with van der Waals surface area (Å²) in [6.45, 7) is 4.37. The van der Waals surface area contributed by atoms with Gasteiger partial charge in [0.25, 0.3) is 5.91 Å². The van der Waals surface area contributed by atoms with Crippen molar-refractivity contribution in [3.63, 3.8) is 0 Å². The van der Waals surface area contributed by atoms with E-state index in [9.17, 15) is 4.79 Å². The number of anilines is 1. The van der Waals surface area contributed by atoms with Crippen molar-refractivity contribution in [2.24, 2.45) is 0 Å². The second kappa shape index (κ2) is 7.28. The smallest absolute Gasteiger partial charge is 0.262 e. The van der Waals surface area contributed by atoms with Crippen LogP contribution in [0.4, 0.5) is 5.69 Å². The van der Waals surface area contributed by atoms with Gasteiger partial charge in [0.05, 0.1) is 6.61 Å². The zero-order valence-corrected chi connectivity index (χ0v) is 12.1. The number of aryl methyl sites for hydroxylation is 1. The lowest BCUT2D eigenvalue weighted by atomic mass is 10.3. The zero-order chi connectivity index (χ0) is 15.1. The van der Waals surface area contributed by atoms with Gasteiger partial charge in [-0.15, -0.1) is 0 Å². The van der Waals surface area contributed by atoms with E-state index in [0.717, 1.165) is 11.4 Å². The van der Waals surface area contributed by atoms with Gasteiger partial charge in [-0.25, -0.2) is 0 Å². The van der Waals surface area contributed by atoms with Crippen LogP contribution in [-0.4, -0.2) is 24.1 Å². The molecule has 2 rings (SSSR count). The standard InChI is InChI=1S/C16H18N2O3/c1-3-20-14-4-6-15(7-5-14)21-11-16(19)18-13-8-9-17-12(2)10-13/h4-10H,3,11H2,1-2H3,(H,17,18,19). The molecule has 1 amide bonds. The van der Waals surface area contributed by atoms with E-state index in [0.29, 0.717) is 18.0 Å². The first-order valence-electron chi connectivity index (χ1n) is 6.75. The van der Waals surface area contributed by atoms with E-state index in [4.69, 9.17) is 9.47 Å². The molecule has 110 valence electrons. The predicted molar refractivity (Wildman–Crippen MR) is 80.7 cm³/mol. The summed E-state index contributed by atoms with van der Waals surface area (Å²) >= 11 is 0. The Hall–Kier alpha value is -2.56. The highest BCUT2D eigenvalue weighted by Gasteiger charge is 2.04. The van der Waals surface area contributed by atoms with E-state index in [1.165, 1.54) is 0 Å². The molecule has 1 aromatic heterocycles. The van der Waals surface area contributed by atoms with Crippen LogP contribution in [0.5, 0.6) is 11.5 Å². The molecule has 5 heteroatoms. The fraction of sp³-hybridized carbons (Fsp3) is 0.250. The molecule has 0 spiro atoms. The summed E-state index contributed by atoms with van der Waals surface area (Å²) in [5, 5.41) is 2.76. The Balaban J connectivity index is 1.83. The van der Waals surface area contributed by atoms with E-state index in [2.05, 4.69) is 10.3 Å². The molecule has 1 N–H and O–H groups in total. The number of pyridine rings is 1. The summed E-state index contributed by atoms with van der Waals surface area (Å²) in [5.41, 5.74) is 1.56. The number of aromatic nitrogens is 1. The number of carbonyl (C=O) groups excluding carboxylic acids is 1. The SMILES string of the molecule is CCOc1ccc(OCC(=O)Nc2ccnc(C)c2)cc1. The molecule has 0 fully saturated rings. The van der Waals surface area contributed by atoms with Crippen molar-refractivity contribution in [1.82, 2.24) is 4.98 Å². The van der Waals surface area contributed by atoms with Crippen molar-refractivity contribution in [1.29, 1.82) is 0 Å². The van der Waals surface area contributed by atoms with Crippen molar-refractivity contribution in [3.8, 4) is 11.5 Å². The zero-order valence-electron chi connectivity index (χ0n) is 12.1. The Labute approximate surface area is 123 Å². The molecular weight excluding hydrogens is 268 g/mol. The van der Waals surface area contributed by atoms with Crippen LogP contribution < -0.4 is 14.8 Å². The maximum Gasteiger partial charge on any atom is 0.262 e. The number of ether oxygens (including phenoxy) is 2. The van der Waals surface area contributed by atoms with Crippen molar-refractivity contribution >= 4 is 11.6 Å². The number of amides is 1. The predicted octanol–water partition coefficient (Wildman–Crippen LogP) is 2.81. The third kappa shape index (κ3) is 4.80. The third-order valence-electron chi connectivity index (χ3n) is 2.69. The van der Waals surface area contributed by atoms with E-state index < -0.39 is 0 Å². The van der Waals surface area contributed by atoms with Crippen LogP contribution in [0.15, 0.2) is 42.6 Å². The molecule has 0 aliphatic rings. The second-order valence-electron chi connectivity index (χ2n) is 4.43. The van der Waals surface area contributed by atoms with Crippen molar-refractivity contribution in [2.75, 3.05) is 18.5 Å². The lowest BCUT2D eigenvalue weighted by molar-refractivity contribution is -0.118. The van der Waals surface area contributed by atoms with Crippen LogP contribution in [-0.2, 0) is 4.79 Å². The van der Waals surface area contributed by atoms with Crippen LogP contribution in [0, 0.1) is 6.92 Å². The Bertz CT molecular complexity index is 597. The third-order valence-corrected chi connectivity index (χ3v) is 2.69. The summed E-state index contributed by atoms with van der Waals surface area (Å²) in [7, 11) is 0. The van der Waals surface area contributed by atoms with Crippen molar-refractivity contribution < 1.29 is 14.3 Å². The van der Waals surface area contributed by atoms with E-state index in [1.807, 2.05) is 26.0 Å². The van der Waals surface area contributed by atoms with Gasteiger partial charge >= 0.3 is 0 Å². The lowest BCUT2D eigenvalue weighted by Crippen LogP contribution is -2.20. The maximum absolute atomic E-state index is 11.8. The summed E-state index contributed by atoms with van der Waals surface area (Å²) in [6, 6.07) is 10.7. The molecule has 0 radical (unpaired) electrons. The first-order chi connectivity index (χ1) is 10.2. The Morgan fingerprint density at radius 2 is 1.81 bits per heavy atom. The van der Waals surface area contributed by atoms with Gasteiger partial charge in [0, 0.05) is 17.6 Å². The summed E-state index contributed by atoms with van der Waals surface area (Å²) in [4.78, 5) is 15.9. The number of nitrogens with zero attached hydrogens (tertiary/aromatic N) is 1. The molecule has 1 aromatic carbocycles. The monoisotopic (exact) mass is 286 g/mol. The summed E-state index contributed by atoms with van der Waals surface area (Å²) in [6.07, 6.45) is 1.65. The molecule has 0 atom stereocenters. The maximum atomic E-state index is 11.8. The Morgan fingerprint density at radius 3 is 2.43 bits per heavy atom. The number of benzene rings is 1. The van der Waals surface area contributed by atoms with Crippen molar-refractivity contribution in [3.05, 3.63) is 48.3 Å². The van der Waals surface area contributed by atoms with Gasteiger partial charge < -0.3 is 14.8 Å². The van der Waals surface area contributed by atoms with Crippen molar-refractivity contribution in [2.45, 2.75) is 13.8 Å². The lowest BCUT2D eigenvalue weighted by Gasteiger charge is -2.08. The molecule has 0 aliphatic heterocycles. The first kappa shape index (κ1) is 14.8. The minimum atomic E-state index is -0.213. The largest absolute Gasteiger partial charge is 0.494 e. The minimum absolute atomic E-state index is 0.0463. The van der Waals surface area contributed by atoms with Gasteiger partial charge in [-0.3, -0.25) is 9.78 Å². The van der Waals surface area contributed by atoms with Gasteiger partial charge in [0.1, 0.15) is 11.5 Å². The first-order valence-corrected chi connectivity index (χ1v) is 6.75. The highest BCUT2D eigenvalue weighted by molar-refractivity contribution is 5.91. The van der Waals surface area contributed by atoms with Crippen LogP contribution in [0.25, 0.3) is 0 Å². The average Bonchev–Trinajstić information content (AvgIpc) is 2.47. The molecule has 1 heterocycles.